The molecular weight excluding hydrogens is 378 g/mol. The number of carbonyl (C=O) groups excluding carboxylic acids is 1. The summed E-state index contributed by atoms with van der Waals surface area (Å²) in [7, 11) is 0. The van der Waals surface area contributed by atoms with E-state index in [1.807, 2.05) is 26.0 Å². The molecule has 1 aromatic carbocycles. The van der Waals surface area contributed by atoms with Gasteiger partial charge in [-0.05, 0) is 31.5 Å². The van der Waals surface area contributed by atoms with E-state index < -0.39 is 5.92 Å². The normalized spacial score (nSPS) is 15.3. The van der Waals surface area contributed by atoms with Gasteiger partial charge >= 0.3 is 0 Å². The first-order valence-corrected chi connectivity index (χ1v) is 9.95. The number of H-pyrrole nitrogens is 1. The topological polar surface area (TPSA) is 93.3 Å². The van der Waals surface area contributed by atoms with Gasteiger partial charge in [-0.15, -0.1) is 6.42 Å². The van der Waals surface area contributed by atoms with Gasteiger partial charge in [0.25, 0.3) is 5.56 Å². The van der Waals surface area contributed by atoms with E-state index in [1.54, 1.807) is 6.07 Å². The molecule has 0 saturated carbocycles. The monoisotopic (exact) mass is 399 g/mol. The summed E-state index contributed by atoms with van der Waals surface area (Å²) in [4.78, 5) is 32.1. The summed E-state index contributed by atoms with van der Waals surface area (Å²) in [5.41, 5.74) is 0.928. The van der Waals surface area contributed by atoms with Crippen LogP contribution in [-0.4, -0.2) is 34.8 Å². The molecule has 28 heavy (non-hydrogen) atoms. The lowest BCUT2D eigenvalue weighted by Gasteiger charge is -2.25. The number of thioether (sulfide) groups is 1. The highest BCUT2D eigenvalue weighted by Gasteiger charge is 2.31. The third-order valence-electron chi connectivity index (χ3n) is 4.19. The van der Waals surface area contributed by atoms with E-state index in [-0.39, 0.29) is 23.7 Å². The SMILES string of the molecule is C#CCSc1nc2c(c(=O)[nH]1)[C@H](c1ccc(OCC)c(OCC)c1)CC(=O)N2. The minimum Gasteiger partial charge on any atom is -0.490 e. The molecule has 0 bridgehead atoms. The molecule has 2 N–H and O–H groups in total. The second-order valence-electron chi connectivity index (χ2n) is 6.00. The molecule has 3 rings (SSSR count). The smallest absolute Gasteiger partial charge is 0.257 e. The lowest BCUT2D eigenvalue weighted by Crippen LogP contribution is -2.31. The first kappa shape index (κ1) is 19.8. The molecular formula is C20H21N3O4S. The molecule has 1 aliphatic rings. The summed E-state index contributed by atoms with van der Waals surface area (Å²) in [6.07, 6.45) is 5.41. The van der Waals surface area contributed by atoms with Gasteiger partial charge in [-0.3, -0.25) is 9.59 Å². The zero-order chi connectivity index (χ0) is 20.1. The number of nitrogens with zero attached hydrogens (tertiary/aromatic N) is 1. The lowest BCUT2D eigenvalue weighted by molar-refractivity contribution is -0.116. The summed E-state index contributed by atoms with van der Waals surface area (Å²) in [6.45, 7) is 4.76. The maximum absolute atomic E-state index is 12.8. The summed E-state index contributed by atoms with van der Waals surface area (Å²) < 4.78 is 11.3. The minimum atomic E-state index is -0.429. The van der Waals surface area contributed by atoms with Crippen molar-refractivity contribution in [1.82, 2.24) is 9.97 Å². The molecule has 0 saturated heterocycles. The predicted molar refractivity (Wildman–Crippen MR) is 108 cm³/mol. The van der Waals surface area contributed by atoms with Crippen molar-refractivity contribution in [2.45, 2.75) is 31.3 Å². The van der Waals surface area contributed by atoms with Gasteiger partial charge in [0.2, 0.25) is 5.91 Å². The highest BCUT2D eigenvalue weighted by molar-refractivity contribution is 7.99. The van der Waals surface area contributed by atoms with E-state index in [9.17, 15) is 9.59 Å². The number of ether oxygens (including phenoxy) is 2. The number of carbonyl (C=O) groups is 1. The first-order valence-electron chi connectivity index (χ1n) is 8.97. The Morgan fingerprint density at radius 1 is 1.25 bits per heavy atom. The fourth-order valence-electron chi connectivity index (χ4n) is 3.10. The van der Waals surface area contributed by atoms with E-state index in [0.717, 1.165) is 5.56 Å². The first-order chi connectivity index (χ1) is 13.6. The van der Waals surface area contributed by atoms with E-state index in [0.29, 0.717) is 41.2 Å². The number of nitrogens with one attached hydrogen (secondary N) is 2. The maximum atomic E-state index is 12.8. The molecule has 0 unspecified atom stereocenters. The van der Waals surface area contributed by atoms with Crippen LogP contribution >= 0.6 is 11.8 Å². The number of aromatic amines is 1. The zero-order valence-electron chi connectivity index (χ0n) is 15.7. The van der Waals surface area contributed by atoms with Gasteiger partial charge in [0.05, 0.1) is 24.5 Å². The summed E-state index contributed by atoms with van der Waals surface area (Å²) >= 11 is 1.23. The molecule has 2 aromatic rings. The fourth-order valence-corrected chi connectivity index (χ4v) is 3.64. The Labute approximate surface area is 167 Å². The van der Waals surface area contributed by atoms with Crippen molar-refractivity contribution in [2.75, 3.05) is 24.3 Å². The van der Waals surface area contributed by atoms with Gasteiger partial charge in [0.1, 0.15) is 5.82 Å². The number of aromatic nitrogens is 2. The fraction of sp³-hybridized carbons (Fsp3) is 0.350. The average Bonchev–Trinajstić information content (AvgIpc) is 2.67. The number of benzene rings is 1. The van der Waals surface area contributed by atoms with Crippen LogP contribution in [0.2, 0.25) is 0 Å². The molecule has 1 amide bonds. The number of amides is 1. The Hall–Kier alpha value is -2.92. The largest absolute Gasteiger partial charge is 0.490 e. The standard InChI is InChI=1S/C20H21N3O4S/c1-4-9-28-20-22-18-17(19(25)23-20)13(11-16(24)21-18)12-7-8-14(26-5-2)15(10-12)27-6-3/h1,7-8,10,13H,5-6,9,11H2,2-3H3,(H2,21,22,23,24,25)/t13-/m0/s1. The second kappa shape index (κ2) is 8.85. The zero-order valence-corrected chi connectivity index (χ0v) is 16.5. The molecule has 1 aromatic heterocycles. The van der Waals surface area contributed by atoms with Crippen LogP contribution in [0.15, 0.2) is 28.2 Å². The highest BCUT2D eigenvalue weighted by atomic mass is 32.2. The Balaban J connectivity index is 2.05. The number of hydrogen-bond acceptors (Lipinski definition) is 6. The van der Waals surface area contributed by atoms with Crippen LogP contribution in [0.5, 0.6) is 11.5 Å². The molecule has 0 fully saturated rings. The predicted octanol–water partition coefficient (Wildman–Crippen LogP) is 2.77. The molecule has 7 nitrogen and oxygen atoms in total. The minimum absolute atomic E-state index is 0.147. The number of terminal acetylenes is 1. The Bertz CT molecular complexity index is 980. The third kappa shape index (κ3) is 4.15. The second-order valence-corrected chi connectivity index (χ2v) is 6.97. The Kier molecular flexibility index (Phi) is 6.26. The molecule has 0 radical (unpaired) electrons. The quantitative estimate of drug-likeness (QED) is 0.422. The average molecular weight is 399 g/mol. The van der Waals surface area contributed by atoms with Crippen LogP contribution in [-0.2, 0) is 4.79 Å². The van der Waals surface area contributed by atoms with E-state index in [1.165, 1.54) is 11.8 Å². The van der Waals surface area contributed by atoms with E-state index >= 15 is 0 Å². The maximum Gasteiger partial charge on any atom is 0.257 e. The van der Waals surface area contributed by atoms with Crippen molar-refractivity contribution in [3.8, 4) is 23.8 Å². The van der Waals surface area contributed by atoms with Crippen molar-refractivity contribution >= 4 is 23.5 Å². The van der Waals surface area contributed by atoms with E-state index in [4.69, 9.17) is 15.9 Å². The molecule has 0 aliphatic carbocycles. The van der Waals surface area contributed by atoms with Gasteiger partial charge in [-0.1, -0.05) is 23.7 Å². The number of fused-ring (bicyclic) bond motifs is 1. The molecule has 1 atom stereocenters. The van der Waals surface area contributed by atoms with Crippen LogP contribution in [0.25, 0.3) is 0 Å². The summed E-state index contributed by atoms with van der Waals surface area (Å²) in [6, 6.07) is 5.47. The van der Waals surface area contributed by atoms with Gasteiger partial charge in [0.15, 0.2) is 16.7 Å². The van der Waals surface area contributed by atoms with Crippen molar-refractivity contribution < 1.29 is 14.3 Å². The van der Waals surface area contributed by atoms with E-state index in [2.05, 4.69) is 21.2 Å². The Morgan fingerprint density at radius 3 is 2.71 bits per heavy atom. The van der Waals surface area contributed by atoms with Crippen molar-refractivity contribution in [2.24, 2.45) is 0 Å². The van der Waals surface area contributed by atoms with Crippen LogP contribution in [0.4, 0.5) is 5.82 Å². The Morgan fingerprint density at radius 2 is 2.00 bits per heavy atom. The third-order valence-corrected chi connectivity index (χ3v) is 4.97. The van der Waals surface area contributed by atoms with Crippen LogP contribution in [0.1, 0.15) is 37.3 Å². The number of anilines is 1. The molecule has 8 heteroatoms. The van der Waals surface area contributed by atoms with Gasteiger partial charge in [0, 0.05) is 12.3 Å². The highest BCUT2D eigenvalue weighted by Crippen LogP contribution is 2.38. The van der Waals surface area contributed by atoms with Crippen molar-refractivity contribution in [1.29, 1.82) is 0 Å². The van der Waals surface area contributed by atoms with Crippen molar-refractivity contribution in [3.63, 3.8) is 0 Å². The van der Waals surface area contributed by atoms with Gasteiger partial charge in [-0.25, -0.2) is 4.98 Å². The van der Waals surface area contributed by atoms with Crippen LogP contribution < -0.4 is 20.3 Å². The molecule has 1 aliphatic heterocycles. The molecule has 146 valence electrons. The molecule has 2 heterocycles. The van der Waals surface area contributed by atoms with Gasteiger partial charge in [-0.2, -0.15) is 0 Å². The van der Waals surface area contributed by atoms with Crippen LogP contribution in [0.3, 0.4) is 0 Å². The van der Waals surface area contributed by atoms with Crippen LogP contribution in [0, 0.1) is 12.3 Å². The lowest BCUT2D eigenvalue weighted by atomic mass is 9.86. The molecule has 0 spiro atoms. The number of hydrogen-bond donors (Lipinski definition) is 2. The number of rotatable bonds is 7. The van der Waals surface area contributed by atoms with Crippen molar-refractivity contribution in [3.05, 3.63) is 39.7 Å². The summed E-state index contributed by atoms with van der Waals surface area (Å²) in [5, 5.41) is 3.08. The summed E-state index contributed by atoms with van der Waals surface area (Å²) in [5.74, 6) is 3.71. The van der Waals surface area contributed by atoms with Gasteiger partial charge < -0.3 is 19.8 Å².